The molecule has 4 aliphatic rings. The number of ether oxygens (including phenoxy) is 3. The number of likely N-dealkylation sites (tertiary alicyclic amines) is 1. The van der Waals surface area contributed by atoms with Gasteiger partial charge in [-0.25, -0.2) is 0 Å². The van der Waals surface area contributed by atoms with E-state index in [0.717, 1.165) is 31.2 Å². The van der Waals surface area contributed by atoms with Crippen LogP contribution in [0.15, 0.2) is 60.7 Å². The number of hydrogen-bond acceptors (Lipinski definition) is 6. The summed E-state index contributed by atoms with van der Waals surface area (Å²) >= 11 is 0. The maximum atomic E-state index is 14.2. The molecule has 6 rings (SSSR count). The normalized spacial score (nSPS) is 28.9. The second-order valence-electron chi connectivity index (χ2n) is 11.1. The van der Waals surface area contributed by atoms with E-state index in [1.54, 1.807) is 43.4 Å². The second kappa shape index (κ2) is 10.6. The Morgan fingerprint density at radius 3 is 2.48 bits per heavy atom. The lowest BCUT2D eigenvalue weighted by atomic mass is 9.74. The van der Waals surface area contributed by atoms with E-state index in [9.17, 15) is 14.4 Å². The van der Waals surface area contributed by atoms with E-state index in [1.165, 1.54) is 6.42 Å². The Hall–Kier alpha value is -3.85. The van der Waals surface area contributed by atoms with Crippen LogP contribution in [-0.4, -0.2) is 60.6 Å². The van der Waals surface area contributed by atoms with Gasteiger partial charge in [0.15, 0.2) is 0 Å². The maximum absolute atomic E-state index is 14.2. The summed E-state index contributed by atoms with van der Waals surface area (Å²) in [6.07, 6.45) is 8.24. The molecular formula is C31H35N3O6. The van der Waals surface area contributed by atoms with Crippen LogP contribution < -0.4 is 20.1 Å². The van der Waals surface area contributed by atoms with Crippen molar-refractivity contribution in [3.05, 3.63) is 66.2 Å². The fourth-order valence-corrected chi connectivity index (χ4v) is 6.83. The third-order valence-corrected chi connectivity index (χ3v) is 8.72. The Labute approximate surface area is 233 Å². The van der Waals surface area contributed by atoms with Crippen LogP contribution in [-0.2, 0) is 25.7 Å². The van der Waals surface area contributed by atoms with Gasteiger partial charge in [0.1, 0.15) is 23.1 Å². The molecule has 3 aliphatic heterocycles. The number of methoxy groups -OCH3 is 2. The van der Waals surface area contributed by atoms with Crippen LogP contribution in [0, 0.1) is 11.8 Å². The summed E-state index contributed by atoms with van der Waals surface area (Å²) in [6, 6.07) is 13.7. The van der Waals surface area contributed by atoms with Gasteiger partial charge in [-0.15, -0.1) is 0 Å². The van der Waals surface area contributed by atoms with E-state index >= 15 is 0 Å². The monoisotopic (exact) mass is 545 g/mol. The summed E-state index contributed by atoms with van der Waals surface area (Å²) in [7, 11) is 3.17. The molecule has 2 aromatic carbocycles. The highest BCUT2D eigenvalue weighted by atomic mass is 16.5. The Balaban J connectivity index is 1.31. The molecule has 2 saturated heterocycles. The largest absolute Gasteiger partial charge is 0.497 e. The molecule has 0 aromatic heterocycles. The number of carbonyl (C=O) groups excluding carboxylic acids is 3. The number of anilines is 1. The van der Waals surface area contributed by atoms with Crippen LogP contribution in [0.25, 0.3) is 0 Å². The van der Waals surface area contributed by atoms with Gasteiger partial charge in [0, 0.05) is 18.3 Å². The second-order valence-corrected chi connectivity index (χ2v) is 11.1. The zero-order chi connectivity index (χ0) is 27.9. The predicted octanol–water partition coefficient (Wildman–Crippen LogP) is 3.44. The molecule has 40 heavy (non-hydrogen) atoms. The Morgan fingerprint density at radius 2 is 1.75 bits per heavy atom. The van der Waals surface area contributed by atoms with Crippen LogP contribution >= 0.6 is 0 Å². The van der Waals surface area contributed by atoms with Gasteiger partial charge in [-0.2, -0.15) is 0 Å². The maximum Gasteiger partial charge on any atom is 0.246 e. The van der Waals surface area contributed by atoms with Crippen molar-refractivity contribution < 1.29 is 28.6 Å². The number of rotatable bonds is 8. The molecular weight excluding hydrogens is 510 g/mol. The molecule has 5 atom stereocenters. The molecule has 2 aromatic rings. The highest BCUT2D eigenvalue weighted by Crippen LogP contribution is 2.55. The van der Waals surface area contributed by atoms with Gasteiger partial charge in [0.2, 0.25) is 17.7 Å². The van der Waals surface area contributed by atoms with Crippen molar-refractivity contribution in [2.75, 3.05) is 19.5 Å². The van der Waals surface area contributed by atoms with Crippen molar-refractivity contribution in [3.8, 4) is 11.5 Å². The first-order valence-electron chi connectivity index (χ1n) is 14.0. The Bertz CT molecular complexity index is 1320. The first-order valence-corrected chi connectivity index (χ1v) is 14.0. The van der Waals surface area contributed by atoms with Gasteiger partial charge in [-0.05, 0) is 54.8 Å². The van der Waals surface area contributed by atoms with E-state index < -0.39 is 29.6 Å². The summed E-state index contributed by atoms with van der Waals surface area (Å²) in [6.45, 7) is 0.200. The molecule has 1 saturated carbocycles. The first-order chi connectivity index (χ1) is 19.4. The summed E-state index contributed by atoms with van der Waals surface area (Å²) in [5.41, 5.74) is 0.218. The number of carbonyl (C=O) groups is 3. The average molecular weight is 546 g/mol. The number of hydrogen-bond donors (Lipinski definition) is 2. The van der Waals surface area contributed by atoms with Crippen LogP contribution in [0.1, 0.15) is 37.7 Å². The average Bonchev–Trinajstić information content (AvgIpc) is 3.61. The van der Waals surface area contributed by atoms with E-state index in [-0.39, 0.29) is 30.3 Å². The zero-order valence-electron chi connectivity index (χ0n) is 22.8. The number of nitrogens with one attached hydrogen (secondary N) is 2. The summed E-state index contributed by atoms with van der Waals surface area (Å²) in [4.78, 5) is 43.4. The van der Waals surface area contributed by atoms with Crippen LogP contribution in [0.3, 0.4) is 0 Å². The smallest absolute Gasteiger partial charge is 0.246 e. The van der Waals surface area contributed by atoms with Gasteiger partial charge in [-0.3, -0.25) is 14.4 Å². The number of fused-ring (bicyclic) bond motifs is 1. The van der Waals surface area contributed by atoms with Gasteiger partial charge in [0.05, 0.1) is 32.2 Å². The van der Waals surface area contributed by atoms with Crippen molar-refractivity contribution in [3.63, 3.8) is 0 Å². The molecule has 1 spiro atoms. The van der Waals surface area contributed by atoms with E-state index in [1.807, 2.05) is 36.4 Å². The molecule has 3 amide bonds. The summed E-state index contributed by atoms with van der Waals surface area (Å²) < 4.78 is 17.1. The molecule has 2 bridgehead atoms. The molecule has 9 nitrogen and oxygen atoms in total. The minimum absolute atomic E-state index is 0.0715. The molecule has 3 fully saturated rings. The predicted molar refractivity (Wildman–Crippen MR) is 148 cm³/mol. The molecule has 0 radical (unpaired) electrons. The van der Waals surface area contributed by atoms with Gasteiger partial charge in [0.25, 0.3) is 0 Å². The molecule has 9 heteroatoms. The lowest BCUT2D eigenvalue weighted by Crippen LogP contribution is -2.56. The quantitative estimate of drug-likeness (QED) is 0.493. The van der Waals surface area contributed by atoms with Gasteiger partial charge >= 0.3 is 0 Å². The third kappa shape index (κ3) is 4.52. The van der Waals surface area contributed by atoms with Gasteiger partial charge in [-0.1, -0.05) is 43.5 Å². The van der Waals surface area contributed by atoms with Crippen LogP contribution in [0.4, 0.5) is 5.69 Å². The van der Waals surface area contributed by atoms with Crippen LogP contribution in [0.5, 0.6) is 11.5 Å². The summed E-state index contributed by atoms with van der Waals surface area (Å²) in [5, 5.41) is 6.16. The fourth-order valence-electron chi connectivity index (χ4n) is 6.83. The minimum atomic E-state index is -1.21. The Kier molecular flexibility index (Phi) is 7.00. The van der Waals surface area contributed by atoms with Gasteiger partial charge < -0.3 is 29.7 Å². The molecule has 2 N–H and O–H groups in total. The first kappa shape index (κ1) is 26.4. The minimum Gasteiger partial charge on any atom is -0.497 e. The van der Waals surface area contributed by atoms with Crippen molar-refractivity contribution in [1.82, 2.24) is 10.2 Å². The number of nitrogens with zero attached hydrogens (tertiary/aromatic N) is 1. The summed E-state index contributed by atoms with van der Waals surface area (Å²) in [5.74, 6) is -1.03. The van der Waals surface area contributed by atoms with Crippen molar-refractivity contribution in [2.45, 2.75) is 62.4 Å². The fraction of sp³-hybridized carbons (Fsp3) is 0.452. The Morgan fingerprint density at radius 1 is 1.00 bits per heavy atom. The molecule has 3 heterocycles. The van der Waals surface area contributed by atoms with E-state index in [2.05, 4.69) is 10.6 Å². The standard InChI is InChI=1S/C31H35N3O6/c1-38-22-13-11-21(12-14-22)32-28(35)25-24-15-16-31(40-24)26(25)30(37)34(18-19-7-6-10-23(17-19)39-2)27(31)29(36)33-20-8-4-3-5-9-20/h6-7,10-17,20,24-27H,3-5,8-9,18H2,1-2H3,(H,32,35)(H,33,36)/t24-,25+,26-,27+,31-/m0/s1. The zero-order valence-corrected chi connectivity index (χ0v) is 22.8. The van der Waals surface area contributed by atoms with E-state index in [0.29, 0.717) is 17.2 Å². The number of benzene rings is 2. The highest BCUT2D eigenvalue weighted by molar-refractivity contribution is 6.02. The molecule has 1 aliphatic carbocycles. The lowest BCUT2D eigenvalue weighted by Gasteiger charge is -2.34. The van der Waals surface area contributed by atoms with Crippen molar-refractivity contribution >= 4 is 23.4 Å². The topological polar surface area (TPSA) is 106 Å². The van der Waals surface area contributed by atoms with Crippen LogP contribution in [0.2, 0.25) is 0 Å². The SMILES string of the molecule is COc1ccc(NC(=O)[C@@H]2[C@@H]3C=C[C@]4(O3)[C@@H]2C(=O)N(Cc2cccc(OC)c2)[C@@H]4C(=O)NC2CCCCC2)cc1. The number of amides is 3. The van der Waals surface area contributed by atoms with E-state index in [4.69, 9.17) is 14.2 Å². The molecule has 210 valence electrons. The third-order valence-electron chi connectivity index (χ3n) is 8.72. The highest BCUT2D eigenvalue weighted by Gasteiger charge is 2.72. The van der Waals surface area contributed by atoms with Crippen molar-refractivity contribution in [1.29, 1.82) is 0 Å². The lowest BCUT2D eigenvalue weighted by molar-refractivity contribution is -0.142. The van der Waals surface area contributed by atoms with Crippen molar-refractivity contribution in [2.24, 2.45) is 11.8 Å². The molecule has 0 unspecified atom stereocenters.